The number of nitrogens with one attached hydrogen (secondary N) is 3. The highest BCUT2D eigenvalue weighted by atomic mass is 16.5. The van der Waals surface area contributed by atoms with E-state index in [2.05, 4.69) is 43.0 Å². The number of nitrogen functional groups attached to an aromatic ring is 1. The van der Waals surface area contributed by atoms with Crippen molar-refractivity contribution < 1.29 is 9.53 Å². The van der Waals surface area contributed by atoms with Crippen LogP contribution in [0.25, 0.3) is 0 Å². The number of pyridine rings is 3. The van der Waals surface area contributed by atoms with Crippen LogP contribution in [0.15, 0.2) is 36.7 Å². The zero-order valence-electron chi connectivity index (χ0n) is 21.5. The predicted molar refractivity (Wildman–Crippen MR) is 143 cm³/mol. The van der Waals surface area contributed by atoms with Crippen LogP contribution in [0, 0.1) is 24.2 Å². The first-order chi connectivity index (χ1) is 18.4. The molecule has 0 radical (unpaired) electrons. The number of fused-ring (bicyclic) bond motifs is 1. The zero-order valence-corrected chi connectivity index (χ0v) is 21.5. The van der Waals surface area contributed by atoms with E-state index in [1.54, 1.807) is 37.5 Å². The standard InChI is InChI=1S/C26H30N10O2/c1-15-8-18(10-27)30-12-21(15)38-23-9-19(24(34-28)25(29-2)33-23)32-22-5-4-16(11-31-22)26(37)36-13-17-6-7-35(3)20(17)14-36/h4-5,8-9,11-12,17,20,34H,6-7,13-14,28H2,1-3H3,(H2,29,31,32,33). The number of aromatic nitrogens is 3. The molecule has 0 bridgehead atoms. The lowest BCUT2D eigenvalue weighted by Crippen LogP contribution is -2.35. The first-order valence-corrected chi connectivity index (χ1v) is 12.4. The molecule has 0 aliphatic carbocycles. The van der Waals surface area contributed by atoms with Crippen LogP contribution in [0.3, 0.4) is 0 Å². The van der Waals surface area contributed by atoms with Gasteiger partial charge in [-0.3, -0.25) is 10.6 Å². The Morgan fingerprint density at radius 2 is 2.08 bits per heavy atom. The predicted octanol–water partition coefficient (Wildman–Crippen LogP) is 2.69. The van der Waals surface area contributed by atoms with E-state index >= 15 is 0 Å². The first-order valence-electron chi connectivity index (χ1n) is 12.4. The minimum absolute atomic E-state index is 0.000346. The molecule has 1 amide bonds. The van der Waals surface area contributed by atoms with Crippen molar-refractivity contribution in [1.29, 1.82) is 5.26 Å². The number of ether oxygens (including phenoxy) is 1. The topological polar surface area (TPSA) is 157 Å². The Hall–Kier alpha value is -4.47. The molecule has 5 heterocycles. The second kappa shape index (κ2) is 10.5. The molecule has 196 valence electrons. The number of aryl methyl sites for hydroxylation is 1. The van der Waals surface area contributed by atoms with Crippen molar-refractivity contribution in [1.82, 2.24) is 24.8 Å². The number of anilines is 4. The first kappa shape index (κ1) is 25.2. The van der Waals surface area contributed by atoms with Crippen molar-refractivity contribution in [2.75, 3.05) is 49.8 Å². The van der Waals surface area contributed by atoms with E-state index in [1.807, 2.05) is 17.9 Å². The van der Waals surface area contributed by atoms with Crippen molar-refractivity contribution in [3.8, 4) is 17.7 Å². The summed E-state index contributed by atoms with van der Waals surface area (Å²) >= 11 is 0. The SMILES string of the molecule is CNc1nc(Oc2cnc(C#N)cc2C)cc(Nc2ccc(C(=O)N3CC4CCN(C)C4C3)cn2)c1NN. The van der Waals surface area contributed by atoms with Crippen LogP contribution in [0.4, 0.5) is 23.0 Å². The molecular weight excluding hydrogens is 484 g/mol. The Labute approximate surface area is 220 Å². The second-order valence-electron chi connectivity index (χ2n) is 9.54. The average molecular weight is 515 g/mol. The largest absolute Gasteiger partial charge is 0.437 e. The minimum Gasteiger partial charge on any atom is -0.437 e. The smallest absolute Gasteiger partial charge is 0.255 e. The highest BCUT2D eigenvalue weighted by Gasteiger charge is 2.41. The van der Waals surface area contributed by atoms with Gasteiger partial charge in [0.25, 0.3) is 5.91 Å². The number of carbonyl (C=O) groups excluding carboxylic acids is 1. The Kier molecular flexibility index (Phi) is 6.95. The van der Waals surface area contributed by atoms with Gasteiger partial charge in [-0.25, -0.2) is 9.97 Å². The van der Waals surface area contributed by atoms with Gasteiger partial charge in [-0.2, -0.15) is 10.2 Å². The van der Waals surface area contributed by atoms with Crippen molar-refractivity contribution in [2.24, 2.45) is 11.8 Å². The summed E-state index contributed by atoms with van der Waals surface area (Å²) < 4.78 is 5.97. The van der Waals surface area contributed by atoms with Crippen molar-refractivity contribution in [2.45, 2.75) is 19.4 Å². The molecule has 2 fully saturated rings. The molecule has 2 aliphatic heterocycles. The molecule has 3 aromatic rings. The van der Waals surface area contributed by atoms with Gasteiger partial charge in [-0.15, -0.1) is 0 Å². The number of carbonyl (C=O) groups is 1. The number of nitrogens with two attached hydrogens (primary N) is 1. The van der Waals surface area contributed by atoms with Crippen LogP contribution in [-0.2, 0) is 0 Å². The second-order valence-corrected chi connectivity index (χ2v) is 9.54. The van der Waals surface area contributed by atoms with Gasteiger partial charge >= 0.3 is 0 Å². The number of hydrogen-bond acceptors (Lipinski definition) is 11. The van der Waals surface area contributed by atoms with Crippen LogP contribution in [0.2, 0.25) is 0 Å². The third kappa shape index (κ3) is 4.89. The maximum atomic E-state index is 13.1. The number of likely N-dealkylation sites (N-methyl/N-ethyl adjacent to an activating group) is 1. The van der Waals surface area contributed by atoms with Crippen LogP contribution in [0.5, 0.6) is 11.6 Å². The summed E-state index contributed by atoms with van der Waals surface area (Å²) in [7, 11) is 3.84. The van der Waals surface area contributed by atoms with Gasteiger partial charge in [0, 0.05) is 38.4 Å². The summed E-state index contributed by atoms with van der Waals surface area (Å²) in [5.74, 6) is 8.06. The van der Waals surface area contributed by atoms with Crippen LogP contribution < -0.4 is 26.6 Å². The van der Waals surface area contributed by atoms with Gasteiger partial charge in [0.05, 0.1) is 17.4 Å². The Morgan fingerprint density at radius 3 is 2.74 bits per heavy atom. The molecule has 0 spiro atoms. The van der Waals surface area contributed by atoms with E-state index in [1.165, 1.54) is 6.20 Å². The number of hydrazine groups is 1. The summed E-state index contributed by atoms with van der Waals surface area (Å²) in [5.41, 5.74) is 5.32. The fourth-order valence-corrected chi connectivity index (χ4v) is 5.08. The lowest BCUT2D eigenvalue weighted by atomic mass is 10.1. The van der Waals surface area contributed by atoms with Gasteiger partial charge in [-0.1, -0.05) is 0 Å². The van der Waals surface area contributed by atoms with E-state index in [9.17, 15) is 4.79 Å². The van der Waals surface area contributed by atoms with E-state index in [-0.39, 0.29) is 11.8 Å². The lowest BCUT2D eigenvalue weighted by molar-refractivity contribution is 0.0774. The van der Waals surface area contributed by atoms with Gasteiger partial charge in [-0.05, 0) is 56.6 Å². The van der Waals surface area contributed by atoms with Crippen molar-refractivity contribution in [3.05, 3.63) is 53.5 Å². The Morgan fingerprint density at radius 1 is 1.24 bits per heavy atom. The van der Waals surface area contributed by atoms with Gasteiger partial charge in [0.2, 0.25) is 5.88 Å². The van der Waals surface area contributed by atoms with E-state index in [0.717, 1.165) is 31.6 Å². The highest BCUT2D eigenvalue weighted by Crippen LogP contribution is 2.36. The summed E-state index contributed by atoms with van der Waals surface area (Å²) in [6.45, 7) is 4.47. The molecule has 2 aliphatic rings. The molecular formula is C26H30N10O2. The summed E-state index contributed by atoms with van der Waals surface area (Å²) in [5, 5.41) is 15.3. The molecule has 12 heteroatoms. The molecule has 0 aromatic carbocycles. The van der Waals surface area contributed by atoms with Crippen LogP contribution in [0.1, 0.15) is 28.0 Å². The quantitative estimate of drug-likeness (QED) is 0.271. The number of hydrogen-bond donors (Lipinski definition) is 4. The number of amides is 1. The van der Waals surface area contributed by atoms with Crippen molar-refractivity contribution >= 4 is 28.9 Å². The number of nitriles is 1. The molecule has 5 N–H and O–H groups in total. The molecule has 2 atom stereocenters. The molecule has 2 saturated heterocycles. The number of rotatable bonds is 7. The lowest BCUT2D eigenvalue weighted by Gasteiger charge is -2.21. The molecule has 38 heavy (non-hydrogen) atoms. The van der Waals surface area contributed by atoms with E-state index < -0.39 is 0 Å². The van der Waals surface area contributed by atoms with Crippen molar-refractivity contribution in [3.63, 3.8) is 0 Å². The molecule has 5 rings (SSSR count). The zero-order chi connectivity index (χ0) is 26.8. The third-order valence-corrected chi connectivity index (χ3v) is 7.15. The third-order valence-electron chi connectivity index (χ3n) is 7.15. The Bertz CT molecular complexity index is 1390. The Balaban J connectivity index is 1.34. The van der Waals surface area contributed by atoms with E-state index in [0.29, 0.717) is 52.0 Å². The maximum absolute atomic E-state index is 13.1. The fourth-order valence-electron chi connectivity index (χ4n) is 5.08. The fraction of sp³-hybridized carbons (Fsp3) is 0.346. The van der Waals surface area contributed by atoms with E-state index in [4.69, 9.17) is 15.8 Å². The molecule has 3 aromatic heterocycles. The van der Waals surface area contributed by atoms with Gasteiger partial charge < -0.3 is 30.6 Å². The molecule has 2 unspecified atom stereocenters. The summed E-state index contributed by atoms with van der Waals surface area (Å²) in [6.07, 6.45) is 4.21. The van der Waals surface area contributed by atoms with Crippen LogP contribution in [-0.4, -0.2) is 70.4 Å². The van der Waals surface area contributed by atoms with Crippen LogP contribution >= 0.6 is 0 Å². The number of nitrogens with zero attached hydrogens (tertiary/aromatic N) is 6. The normalized spacial score (nSPS) is 18.6. The van der Waals surface area contributed by atoms with Gasteiger partial charge in [0.1, 0.15) is 23.3 Å². The summed E-state index contributed by atoms with van der Waals surface area (Å²) in [6, 6.07) is 9.30. The molecule has 12 nitrogen and oxygen atoms in total. The average Bonchev–Trinajstić information content (AvgIpc) is 3.51. The maximum Gasteiger partial charge on any atom is 0.255 e. The minimum atomic E-state index is -0.000346. The molecule has 0 saturated carbocycles. The number of likely N-dealkylation sites (tertiary alicyclic amines) is 2. The highest BCUT2D eigenvalue weighted by molar-refractivity contribution is 5.94. The monoisotopic (exact) mass is 514 g/mol. The summed E-state index contributed by atoms with van der Waals surface area (Å²) in [4.78, 5) is 30.4. The van der Waals surface area contributed by atoms with Gasteiger partial charge in [0.15, 0.2) is 11.6 Å².